The van der Waals surface area contributed by atoms with Gasteiger partial charge in [-0.1, -0.05) is 6.07 Å². The van der Waals surface area contributed by atoms with Crippen molar-refractivity contribution < 1.29 is 27.1 Å². The number of amides is 1. The fraction of sp³-hybridized carbons (Fsp3) is 0.188. The number of anilines is 1. The van der Waals surface area contributed by atoms with Crippen LogP contribution in [0.2, 0.25) is 0 Å². The lowest BCUT2D eigenvalue weighted by molar-refractivity contribution is 0.102. The molecule has 2 N–H and O–H groups in total. The Morgan fingerprint density at radius 2 is 1.80 bits per heavy atom. The van der Waals surface area contributed by atoms with Crippen molar-refractivity contribution in [1.29, 1.82) is 0 Å². The van der Waals surface area contributed by atoms with E-state index in [1.165, 1.54) is 25.2 Å². The van der Waals surface area contributed by atoms with E-state index in [2.05, 4.69) is 5.32 Å². The Kier molecular flexibility index (Phi) is 5.83. The van der Waals surface area contributed by atoms with E-state index in [-0.39, 0.29) is 29.3 Å². The maximum absolute atomic E-state index is 13.2. The predicted octanol–water partition coefficient (Wildman–Crippen LogP) is 1.83. The molecule has 0 bridgehead atoms. The lowest BCUT2D eigenvalue weighted by Gasteiger charge is -2.16. The van der Waals surface area contributed by atoms with Crippen molar-refractivity contribution in [3.8, 4) is 0 Å². The van der Waals surface area contributed by atoms with Gasteiger partial charge in [-0.3, -0.25) is 4.79 Å². The maximum atomic E-state index is 13.2. The van der Waals surface area contributed by atoms with Crippen LogP contribution >= 0.6 is 0 Å². The van der Waals surface area contributed by atoms with Gasteiger partial charge in [-0.2, -0.15) is 4.31 Å². The number of aliphatic hydroxyl groups excluding tert-OH is 1. The van der Waals surface area contributed by atoms with E-state index in [0.29, 0.717) is 6.07 Å². The first-order valence-electron chi connectivity index (χ1n) is 7.19. The Balaban J connectivity index is 2.27. The van der Waals surface area contributed by atoms with Gasteiger partial charge >= 0.3 is 0 Å². The highest BCUT2D eigenvalue weighted by atomic mass is 32.2. The van der Waals surface area contributed by atoms with Gasteiger partial charge in [-0.05, 0) is 30.3 Å². The number of benzene rings is 2. The van der Waals surface area contributed by atoms with E-state index in [4.69, 9.17) is 5.11 Å². The van der Waals surface area contributed by atoms with E-state index in [9.17, 15) is 22.0 Å². The summed E-state index contributed by atoms with van der Waals surface area (Å²) >= 11 is 0. The maximum Gasteiger partial charge on any atom is 0.255 e. The highest BCUT2D eigenvalue weighted by Crippen LogP contribution is 2.18. The molecular formula is C16H16F2N2O4S. The molecule has 0 atom stereocenters. The molecule has 9 heteroatoms. The van der Waals surface area contributed by atoms with Gasteiger partial charge in [-0.25, -0.2) is 17.2 Å². The fourth-order valence-electron chi connectivity index (χ4n) is 2.07. The molecule has 0 unspecified atom stereocenters. The van der Waals surface area contributed by atoms with Crippen molar-refractivity contribution in [2.24, 2.45) is 0 Å². The summed E-state index contributed by atoms with van der Waals surface area (Å²) in [5, 5.41) is 11.2. The number of halogens is 2. The Morgan fingerprint density at radius 3 is 2.40 bits per heavy atom. The van der Waals surface area contributed by atoms with E-state index in [1.807, 2.05) is 0 Å². The third kappa shape index (κ3) is 4.59. The number of hydrogen-bond donors (Lipinski definition) is 2. The molecule has 0 fully saturated rings. The third-order valence-electron chi connectivity index (χ3n) is 3.34. The third-order valence-corrected chi connectivity index (χ3v) is 5.19. The van der Waals surface area contributed by atoms with Gasteiger partial charge in [0, 0.05) is 30.9 Å². The van der Waals surface area contributed by atoms with Crippen LogP contribution in [-0.2, 0) is 10.0 Å². The number of hydrogen-bond acceptors (Lipinski definition) is 4. The summed E-state index contributed by atoms with van der Waals surface area (Å²) in [5.41, 5.74) is -0.0868. The Labute approximate surface area is 143 Å². The molecule has 0 saturated heterocycles. The molecule has 0 aliphatic heterocycles. The number of sulfonamides is 1. The smallest absolute Gasteiger partial charge is 0.255 e. The van der Waals surface area contributed by atoms with Crippen molar-refractivity contribution in [2.45, 2.75) is 4.90 Å². The molecule has 2 rings (SSSR count). The van der Waals surface area contributed by atoms with Crippen LogP contribution < -0.4 is 5.32 Å². The number of rotatable bonds is 6. The average molecular weight is 370 g/mol. The number of carbonyl (C=O) groups is 1. The standard InChI is InChI=1S/C16H16F2N2O4S/c1-20(5-6-21)25(23,24)15-4-2-3-11(7-15)16(22)19-14-9-12(17)8-13(18)10-14/h2-4,7-10,21H,5-6H2,1H3,(H,19,22). The zero-order valence-corrected chi connectivity index (χ0v) is 14.1. The highest BCUT2D eigenvalue weighted by Gasteiger charge is 2.21. The molecule has 0 aliphatic carbocycles. The summed E-state index contributed by atoms with van der Waals surface area (Å²) < 4.78 is 51.9. The molecule has 0 spiro atoms. The molecule has 2 aromatic carbocycles. The van der Waals surface area contributed by atoms with Crippen LogP contribution in [0.15, 0.2) is 47.4 Å². The molecule has 0 aliphatic rings. The van der Waals surface area contributed by atoms with Gasteiger partial charge in [0.2, 0.25) is 10.0 Å². The van der Waals surface area contributed by atoms with E-state index in [0.717, 1.165) is 22.5 Å². The summed E-state index contributed by atoms with van der Waals surface area (Å²) in [5.74, 6) is -2.42. The van der Waals surface area contributed by atoms with Crippen LogP contribution in [0.5, 0.6) is 0 Å². The van der Waals surface area contributed by atoms with Crippen LogP contribution in [0.4, 0.5) is 14.5 Å². The van der Waals surface area contributed by atoms with Crippen molar-refractivity contribution in [3.05, 3.63) is 59.7 Å². The summed E-state index contributed by atoms with van der Waals surface area (Å²) in [6, 6.07) is 7.75. The zero-order valence-electron chi connectivity index (χ0n) is 13.2. The molecule has 6 nitrogen and oxygen atoms in total. The molecule has 134 valence electrons. The first kappa shape index (κ1) is 19.0. The number of nitrogens with zero attached hydrogens (tertiary/aromatic N) is 1. The summed E-state index contributed by atoms with van der Waals surface area (Å²) in [6.45, 7) is -0.442. The Hall–Kier alpha value is -2.36. The van der Waals surface area contributed by atoms with Crippen molar-refractivity contribution in [1.82, 2.24) is 4.31 Å². The van der Waals surface area contributed by atoms with Gasteiger partial charge in [0.05, 0.1) is 11.5 Å². The second-order valence-electron chi connectivity index (χ2n) is 5.19. The van der Waals surface area contributed by atoms with Gasteiger partial charge in [0.15, 0.2) is 0 Å². The normalized spacial score (nSPS) is 11.6. The van der Waals surface area contributed by atoms with Crippen LogP contribution in [-0.4, -0.2) is 43.9 Å². The summed E-state index contributed by atoms with van der Waals surface area (Å²) in [7, 11) is -2.57. The number of carbonyl (C=O) groups excluding carboxylic acids is 1. The minimum absolute atomic E-state index is 0.00291. The minimum atomic E-state index is -3.87. The zero-order chi connectivity index (χ0) is 18.6. The SMILES string of the molecule is CN(CCO)S(=O)(=O)c1cccc(C(=O)Nc2cc(F)cc(F)c2)c1. The molecule has 0 radical (unpaired) electrons. The number of nitrogens with one attached hydrogen (secondary N) is 1. The second kappa shape index (κ2) is 7.68. The van der Waals surface area contributed by atoms with Crippen LogP contribution in [0, 0.1) is 11.6 Å². The number of aliphatic hydroxyl groups is 1. The highest BCUT2D eigenvalue weighted by molar-refractivity contribution is 7.89. The molecular weight excluding hydrogens is 354 g/mol. The molecule has 0 saturated carbocycles. The van der Waals surface area contributed by atoms with Crippen LogP contribution in [0.25, 0.3) is 0 Å². The lowest BCUT2D eigenvalue weighted by Crippen LogP contribution is -2.29. The molecule has 2 aromatic rings. The van der Waals surface area contributed by atoms with Crippen LogP contribution in [0.1, 0.15) is 10.4 Å². The van der Waals surface area contributed by atoms with Crippen molar-refractivity contribution >= 4 is 21.6 Å². The first-order chi connectivity index (χ1) is 11.7. The molecule has 0 heterocycles. The quantitative estimate of drug-likeness (QED) is 0.812. The second-order valence-corrected chi connectivity index (χ2v) is 7.24. The monoisotopic (exact) mass is 370 g/mol. The van der Waals surface area contributed by atoms with Gasteiger partial charge < -0.3 is 10.4 Å². The molecule has 0 aromatic heterocycles. The summed E-state index contributed by atoms with van der Waals surface area (Å²) in [4.78, 5) is 12.1. The van der Waals surface area contributed by atoms with Crippen molar-refractivity contribution in [2.75, 3.05) is 25.5 Å². The van der Waals surface area contributed by atoms with E-state index >= 15 is 0 Å². The van der Waals surface area contributed by atoms with Gasteiger partial charge in [-0.15, -0.1) is 0 Å². The Morgan fingerprint density at radius 1 is 1.16 bits per heavy atom. The van der Waals surface area contributed by atoms with Gasteiger partial charge in [0.25, 0.3) is 5.91 Å². The minimum Gasteiger partial charge on any atom is -0.395 e. The predicted molar refractivity (Wildman–Crippen MR) is 87.7 cm³/mol. The lowest BCUT2D eigenvalue weighted by atomic mass is 10.2. The summed E-state index contributed by atoms with van der Waals surface area (Å²) in [6.07, 6.45) is 0. The number of likely N-dealkylation sites (N-methyl/N-ethyl adjacent to an activating group) is 1. The largest absolute Gasteiger partial charge is 0.395 e. The molecule has 1 amide bonds. The average Bonchev–Trinajstić information content (AvgIpc) is 2.54. The van der Waals surface area contributed by atoms with Gasteiger partial charge in [0.1, 0.15) is 11.6 Å². The van der Waals surface area contributed by atoms with Crippen LogP contribution in [0.3, 0.4) is 0 Å². The van der Waals surface area contributed by atoms with E-state index < -0.39 is 27.6 Å². The fourth-order valence-corrected chi connectivity index (χ4v) is 3.28. The van der Waals surface area contributed by atoms with E-state index in [1.54, 1.807) is 0 Å². The molecule has 25 heavy (non-hydrogen) atoms. The topological polar surface area (TPSA) is 86.7 Å². The Bertz CT molecular complexity index is 867. The first-order valence-corrected chi connectivity index (χ1v) is 8.63. The van der Waals surface area contributed by atoms with Crippen molar-refractivity contribution in [3.63, 3.8) is 0 Å².